The number of pyridine rings is 1. The van der Waals surface area contributed by atoms with Crippen LogP contribution in [0, 0.1) is 11.3 Å². The molecule has 1 aromatic heterocycles. The molecule has 1 amide bonds. The number of carbonyl (C=O) groups is 1. The summed E-state index contributed by atoms with van der Waals surface area (Å²) in [6.45, 7) is 0. The van der Waals surface area contributed by atoms with E-state index >= 15 is 0 Å². The van der Waals surface area contributed by atoms with Gasteiger partial charge in [0.15, 0.2) is 5.75 Å². The number of fused-ring (bicyclic) bond motifs is 1. The van der Waals surface area contributed by atoms with Crippen LogP contribution in [0.3, 0.4) is 0 Å². The van der Waals surface area contributed by atoms with E-state index < -0.39 is 11.9 Å². The molecule has 0 saturated carbocycles. The first-order valence-electron chi connectivity index (χ1n) is 7.03. The van der Waals surface area contributed by atoms with E-state index in [1.165, 1.54) is 6.07 Å². The normalized spacial score (nSPS) is 11.6. The Morgan fingerprint density at radius 3 is 2.65 bits per heavy atom. The number of aromatic hydroxyl groups is 1. The van der Waals surface area contributed by atoms with Gasteiger partial charge in [0.1, 0.15) is 11.6 Å². The lowest BCUT2D eigenvalue weighted by Gasteiger charge is -2.13. The van der Waals surface area contributed by atoms with E-state index in [-0.39, 0.29) is 11.3 Å². The van der Waals surface area contributed by atoms with Crippen LogP contribution in [0.5, 0.6) is 5.75 Å². The molecule has 2 N–H and O–H groups in total. The zero-order valence-corrected chi connectivity index (χ0v) is 12.1. The molecule has 112 valence electrons. The second kappa shape index (κ2) is 6.16. The van der Waals surface area contributed by atoms with Crippen molar-refractivity contribution in [1.29, 1.82) is 5.26 Å². The van der Waals surface area contributed by atoms with Crippen molar-refractivity contribution in [3.8, 4) is 11.8 Å². The summed E-state index contributed by atoms with van der Waals surface area (Å²) in [5.74, 6) is -0.712. The smallest absolute Gasteiger partial charge is 0.256 e. The third kappa shape index (κ3) is 2.83. The number of nitriles is 1. The van der Waals surface area contributed by atoms with E-state index in [9.17, 15) is 15.2 Å². The maximum absolute atomic E-state index is 12.4. The summed E-state index contributed by atoms with van der Waals surface area (Å²) in [5.41, 5.74) is 1.13. The lowest BCUT2D eigenvalue weighted by atomic mass is 10.1. The lowest BCUT2D eigenvalue weighted by Crippen LogP contribution is -2.27. The molecule has 0 bridgehead atoms. The first-order valence-corrected chi connectivity index (χ1v) is 7.03. The molecule has 0 fully saturated rings. The predicted octanol–water partition coefficient (Wildman–Crippen LogP) is 2.94. The Morgan fingerprint density at radius 1 is 1.13 bits per heavy atom. The number of nitrogens with zero attached hydrogens (tertiary/aromatic N) is 2. The molecule has 0 aliphatic carbocycles. The van der Waals surface area contributed by atoms with Crippen molar-refractivity contribution >= 4 is 16.8 Å². The highest BCUT2D eigenvalue weighted by atomic mass is 16.3. The molecule has 0 spiro atoms. The minimum absolute atomic E-state index is 0.0902. The summed E-state index contributed by atoms with van der Waals surface area (Å²) in [7, 11) is 0. The van der Waals surface area contributed by atoms with Gasteiger partial charge < -0.3 is 10.4 Å². The van der Waals surface area contributed by atoms with E-state index in [4.69, 9.17) is 0 Å². The first kappa shape index (κ1) is 14.5. The number of amides is 1. The summed E-state index contributed by atoms with van der Waals surface area (Å²) in [4.78, 5) is 16.5. The minimum atomic E-state index is -0.789. The highest BCUT2D eigenvalue weighted by molar-refractivity contribution is 6.02. The summed E-state index contributed by atoms with van der Waals surface area (Å²) in [5, 5.41) is 22.9. The van der Waals surface area contributed by atoms with Crippen LogP contribution in [0.25, 0.3) is 10.9 Å². The fourth-order valence-electron chi connectivity index (χ4n) is 2.36. The number of phenolic OH excluding ortho intramolecular Hbond substituents is 1. The fourth-order valence-corrected chi connectivity index (χ4v) is 2.36. The Balaban J connectivity index is 1.92. The third-order valence-electron chi connectivity index (χ3n) is 3.53. The molecular formula is C18H13N3O2. The average molecular weight is 303 g/mol. The van der Waals surface area contributed by atoms with Crippen molar-refractivity contribution in [2.24, 2.45) is 0 Å². The SMILES string of the molecule is N#CC(NC(=O)c1ccc2cccnc2c1O)c1ccccc1. The van der Waals surface area contributed by atoms with Gasteiger partial charge in [0.05, 0.1) is 11.6 Å². The van der Waals surface area contributed by atoms with E-state index in [0.29, 0.717) is 11.1 Å². The summed E-state index contributed by atoms with van der Waals surface area (Å²) < 4.78 is 0. The summed E-state index contributed by atoms with van der Waals surface area (Å²) in [6.07, 6.45) is 1.55. The molecule has 23 heavy (non-hydrogen) atoms. The van der Waals surface area contributed by atoms with Crippen molar-refractivity contribution in [2.45, 2.75) is 6.04 Å². The van der Waals surface area contributed by atoms with Gasteiger partial charge in [0.25, 0.3) is 5.91 Å². The molecule has 5 heteroatoms. The molecule has 2 aromatic carbocycles. The zero-order chi connectivity index (χ0) is 16.2. The van der Waals surface area contributed by atoms with Crippen molar-refractivity contribution in [3.63, 3.8) is 0 Å². The molecule has 1 unspecified atom stereocenters. The number of nitrogens with one attached hydrogen (secondary N) is 1. The van der Waals surface area contributed by atoms with Crippen LogP contribution < -0.4 is 5.32 Å². The maximum Gasteiger partial charge on any atom is 0.256 e. The highest BCUT2D eigenvalue weighted by Gasteiger charge is 2.19. The molecule has 0 aliphatic heterocycles. The Hall–Kier alpha value is -3.39. The first-order chi connectivity index (χ1) is 11.2. The number of rotatable bonds is 3. The topological polar surface area (TPSA) is 86.0 Å². The molecule has 0 aliphatic rings. The van der Waals surface area contributed by atoms with Crippen LogP contribution in [0.15, 0.2) is 60.8 Å². The zero-order valence-electron chi connectivity index (χ0n) is 12.1. The van der Waals surface area contributed by atoms with Gasteiger partial charge in [-0.05, 0) is 17.7 Å². The number of hydrogen-bond acceptors (Lipinski definition) is 4. The highest BCUT2D eigenvalue weighted by Crippen LogP contribution is 2.27. The molecule has 5 nitrogen and oxygen atoms in total. The van der Waals surface area contributed by atoms with Crippen molar-refractivity contribution in [1.82, 2.24) is 10.3 Å². The standard InChI is InChI=1S/C18H13N3O2/c19-11-15(12-5-2-1-3-6-12)21-18(23)14-9-8-13-7-4-10-20-16(13)17(14)22/h1-10,15,22H,(H,21,23). The molecule has 0 radical (unpaired) electrons. The van der Waals surface area contributed by atoms with Gasteiger partial charge in [-0.15, -0.1) is 0 Å². The van der Waals surface area contributed by atoms with E-state index in [1.54, 1.807) is 48.7 Å². The van der Waals surface area contributed by atoms with Crippen LogP contribution in [0.1, 0.15) is 22.0 Å². The number of benzene rings is 2. The van der Waals surface area contributed by atoms with Gasteiger partial charge in [-0.2, -0.15) is 5.26 Å². The van der Waals surface area contributed by atoms with Crippen molar-refractivity contribution in [2.75, 3.05) is 0 Å². The van der Waals surface area contributed by atoms with Gasteiger partial charge in [-0.25, -0.2) is 0 Å². The largest absolute Gasteiger partial charge is 0.505 e. The second-order valence-corrected chi connectivity index (χ2v) is 4.98. The molecular weight excluding hydrogens is 290 g/mol. The summed E-state index contributed by atoms with van der Waals surface area (Å²) in [6, 6.07) is 17.0. The molecule has 1 heterocycles. The number of hydrogen-bond donors (Lipinski definition) is 2. The molecule has 0 saturated heterocycles. The van der Waals surface area contributed by atoms with Gasteiger partial charge >= 0.3 is 0 Å². The van der Waals surface area contributed by atoms with E-state index in [1.807, 2.05) is 12.1 Å². The molecule has 3 aromatic rings. The molecule has 3 rings (SSSR count). The Bertz CT molecular complexity index is 901. The Labute approximate surface area is 132 Å². The third-order valence-corrected chi connectivity index (χ3v) is 3.53. The van der Waals surface area contributed by atoms with Gasteiger partial charge in [-0.3, -0.25) is 9.78 Å². The minimum Gasteiger partial charge on any atom is -0.505 e. The van der Waals surface area contributed by atoms with Gasteiger partial charge in [0, 0.05) is 11.6 Å². The van der Waals surface area contributed by atoms with Crippen LogP contribution in [-0.4, -0.2) is 16.0 Å². The summed E-state index contributed by atoms with van der Waals surface area (Å²) >= 11 is 0. The van der Waals surface area contributed by atoms with E-state index in [0.717, 1.165) is 5.39 Å². The molecule has 1 atom stereocenters. The number of phenols is 1. The maximum atomic E-state index is 12.4. The van der Waals surface area contributed by atoms with Crippen molar-refractivity contribution in [3.05, 3.63) is 71.9 Å². The Morgan fingerprint density at radius 2 is 1.91 bits per heavy atom. The fraction of sp³-hybridized carbons (Fsp3) is 0.0556. The van der Waals surface area contributed by atoms with E-state index in [2.05, 4.69) is 10.3 Å². The van der Waals surface area contributed by atoms with Crippen molar-refractivity contribution < 1.29 is 9.90 Å². The van der Waals surface area contributed by atoms with Crippen LogP contribution in [-0.2, 0) is 0 Å². The van der Waals surface area contributed by atoms with Gasteiger partial charge in [-0.1, -0.05) is 42.5 Å². The van der Waals surface area contributed by atoms with Crippen LogP contribution in [0.4, 0.5) is 0 Å². The van der Waals surface area contributed by atoms with Crippen LogP contribution in [0.2, 0.25) is 0 Å². The number of aromatic nitrogens is 1. The average Bonchev–Trinajstić information content (AvgIpc) is 2.60. The quantitative estimate of drug-likeness (QED) is 0.779. The lowest BCUT2D eigenvalue weighted by molar-refractivity contribution is 0.0942. The Kier molecular flexibility index (Phi) is 3.89. The second-order valence-electron chi connectivity index (χ2n) is 4.98. The van der Waals surface area contributed by atoms with Gasteiger partial charge in [0.2, 0.25) is 0 Å². The number of carbonyl (C=O) groups excluding carboxylic acids is 1. The monoisotopic (exact) mass is 303 g/mol. The van der Waals surface area contributed by atoms with Crippen LogP contribution >= 0.6 is 0 Å². The predicted molar refractivity (Wildman–Crippen MR) is 85.7 cm³/mol.